The summed E-state index contributed by atoms with van der Waals surface area (Å²) in [5.41, 5.74) is 3.01. The van der Waals surface area contributed by atoms with Crippen LogP contribution in [0.3, 0.4) is 0 Å². The summed E-state index contributed by atoms with van der Waals surface area (Å²) in [6, 6.07) is 17.4. The third kappa shape index (κ3) is 7.62. The maximum atomic E-state index is 12.5. The third-order valence-corrected chi connectivity index (χ3v) is 4.29. The molecule has 0 saturated heterocycles. The van der Waals surface area contributed by atoms with Crippen molar-refractivity contribution >= 4 is 11.9 Å². The van der Waals surface area contributed by atoms with E-state index in [9.17, 15) is 9.59 Å². The summed E-state index contributed by atoms with van der Waals surface area (Å²) in [4.78, 5) is 23.6. The molecule has 2 aromatic rings. The minimum absolute atomic E-state index is 0.0869. The van der Waals surface area contributed by atoms with Crippen LogP contribution in [-0.2, 0) is 17.6 Å². The average molecular weight is 369 g/mol. The molecule has 1 atom stereocenters. The standard InChI is InChI=1S/C22H28N2O3/c1-24(2,3)16-20(15-21(25)26)23-22(27)19-13-11-18(12-14-19)10-9-17-7-5-4-6-8-17/h4-8,11-14,20H,9-10,15-16H2,1-3H3,(H-,23,25,26,27)/p+1. The van der Waals surface area contributed by atoms with Crippen LogP contribution in [0.2, 0.25) is 0 Å². The molecule has 2 rings (SSSR count). The van der Waals surface area contributed by atoms with Crippen molar-refractivity contribution in [3.63, 3.8) is 0 Å². The second-order valence-electron chi connectivity index (χ2n) is 7.92. The van der Waals surface area contributed by atoms with Gasteiger partial charge in [-0.25, -0.2) is 0 Å². The van der Waals surface area contributed by atoms with Gasteiger partial charge in [0.2, 0.25) is 0 Å². The van der Waals surface area contributed by atoms with E-state index in [0.717, 1.165) is 12.8 Å². The highest BCUT2D eigenvalue weighted by Gasteiger charge is 2.23. The number of nitrogens with one attached hydrogen (secondary N) is 1. The number of carbonyl (C=O) groups excluding carboxylic acids is 1. The van der Waals surface area contributed by atoms with Crippen molar-refractivity contribution in [2.75, 3.05) is 27.7 Å². The summed E-state index contributed by atoms with van der Waals surface area (Å²) < 4.78 is 0.580. The van der Waals surface area contributed by atoms with E-state index in [4.69, 9.17) is 5.11 Å². The molecule has 1 amide bonds. The molecule has 2 N–H and O–H groups in total. The molecule has 144 valence electrons. The van der Waals surface area contributed by atoms with Crippen LogP contribution in [0.4, 0.5) is 0 Å². The second-order valence-corrected chi connectivity index (χ2v) is 7.92. The van der Waals surface area contributed by atoms with Crippen LogP contribution in [0.25, 0.3) is 0 Å². The van der Waals surface area contributed by atoms with Crippen LogP contribution in [0.5, 0.6) is 0 Å². The van der Waals surface area contributed by atoms with Crippen LogP contribution in [0, 0.1) is 0 Å². The quantitative estimate of drug-likeness (QED) is 0.668. The maximum Gasteiger partial charge on any atom is 0.305 e. The fourth-order valence-electron chi connectivity index (χ4n) is 3.06. The number of carboxylic acids is 1. The van der Waals surface area contributed by atoms with E-state index in [0.29, 0.717) is 16.6 Å². The number of benzene rings is 2. The van der Waals surface area contributed by atoms with E-state index in [-0.39, 0.29) is 12.3 Å². The number of hydrogen-bond donors (Lipinski definition) is 2. The first-order valence-corrected chi connectivity index (χ1v) is 9.19. The molecule has 0 bridgehead atoms. The number of likely N-dealkylation sites (N-methyl/N-ethyl adjacent to an activating group) is 1. The Morgan fingerprint density at radius 2 is 1.48 bits per heavy atom. The summed E-state index contributed by atoms with van der Waals surface area (Å²) in [5.74, 6) is -1.14. The van der Waals surface area contributed by atoms with Crippen molar-refractivity contribution in [1.29, 1.82) is 0 Å². The summed E-state index contributed by atoms with van der Waals surface area (Å²) in [6.07, 6.45) is 1.78. The molecule has 0 heterocycles. The number of hydrogen-bond acceptors (Lipinski definition) is 2. The van der Waals surface area contributed by atoms with Gasteiger partial charge in [0.15, 0.2) is 0 Å². The summed E-state index contributed by atoms with van der Waals surface area (Å²) in [6.45, 7) is 0.549. The van der Waals surface area contributed by atoms with E-state index in [1.54, 1.807) is 12.1 Å². The minimum atomic E-state index is -0.912. The average Bonchev–Trinajstić information content (AvgIpc) is 2.59. The normalized spacial score (nSPS) is 12.4. The fourth-order valence-corrected chi connectivity index (χ4v) is 3.06. The van der Waals surface area contributed by atoms with Gasteiger partial charge in [-0.1, -0.05) is 42.5 Å². The Morgan fingerprint density at radius 1 is 0.926 bits per heavy atom. The highest BCUT2D eigenvalue weighted by atomic mass is 16.4. The number of aliphatic carboxylic acids is 1. The molecule has 27 heavy (non-hydrogen) atoms. The van der Waals surface area contributed by atoms with E-state index in [1.807, 2.05) is 51.5 Å². The Hall–Kier alpha value is -2.66. The van der Waals surface area contributed by atoms with Crippen LogP contribution >= 0.6 is 0 Å². The van der Waals surface area contributed by atoms with E-state index >= 15 is 0 Å². The lowest BCUT2D eigenvalue weighted by molar-refractivity contribution is -0.871. The second kappa shape index (κ2) is 9.33. The Morgan fingerprint density at radius 3 is 2.00 bits per heavy atom. The molecule has 2 aromatic carbocycles. The first kappa shape index (κ1) is 20.6. The van der Waals surface area contributed by atoms with Gasteiger partial charge in [-0.15, -0.1) is 0 Å². The summed E-state index contributed by atoms with van der Waals surface area (Å²) in [5, 5.41) is 12.0. The maximum absolute atomic E-state index is 12.5. The van der Waals surface area contributed by atoms with Crippen molar-refractivity contribution in [2.45, 2.75) is 25.3 Å². The lowest BCUT2D eigenvalue weighted by atomic mass is 10.0. The Kier molecular flexibility index (Phi) is 7.13. The van der Waals surface area contributed by atoms with Crippen molar-refractivity contribution in [3.8, 4) is 0 Å². The predicted octanol–water partition coefficient (Wildman–Crippen LogP) is 2.75. The van der Waals surface area contributed by atoms with Gasteiger partial charge in [0.1, 0.15) is 0 Å². The zero-order valence-corrected chi connectivity index (χ0v) is 16.3. The zero-order chi connectivity index (χ0) is 19.9. The molecule has 0 aromatic heterocycles. The first-order valence-electron chi connectivity index (χ1n) is 9.19. The number of carbonyl (C=O) groups is 2. The van der Waals surface area contributed by atoms with Gasteiger partial charge < -0.3 is 14.9 Å². The van der Waals surface area contributed by atoms with Gasteiger partial charge in [-0.2, -0.15) is 0 Å². The lowest BCUT2D eigenvalue weighted by Gasteiger charge is -2.29. The largest absolute Gasteiger partial charge is 0.481 e. The van der Waals surface area contributed by atoms with Gasteiger partial charge in [0, 0.05) is 5.56 Å². The van der Waals surface area contributed by atoms with Crippen LogP contribution in [-0.4, -0.2) is 55.2 Å². The van der Waals surface area contributed by atoms with Gasteiger partial charge in [-0.3, -0.25) is 9.59 Å². The highest BCUT2D eigenvalue weighted by Crippen LogP contribution is 2.10. The molecule has 0 aliphatic heterocycles. The highest BCUT2D eigenvalue weighted by molar-refractivity contribution is 5.94. The van der Waals surface area contributed by atoms with Crippen molar-refractivity contribution < 1.29 is 19.2 Å². The summed E-state index contributed by atoms with van der Waals surface area (Å²) in [7, 11) is 5.92. The monoisotopic (exact) mass is 369 g/mol. The van der Waals surface area contributed by atoms with Gasteiger partial charge in [0.05, 0.1) is 40.2 Å². The SMILES string of the molecule is C[N+](C)(C)CC(CC(=O)O)NC(=O)c1ccc(CCc2ccccc2)cc1. The molecule has 5 heteroatoms. The lowest BCUT2D eigenvalue weighted by Crippen LogP contribution is -2.49. The number of quaternary nitrogens is 1. The molecule has 5 nitrogen and oxygen atoms in total. The minimum Gasteiger partial charge on any atom is -0.481 e. The van der Waals surface area contributed by atoms with Crippen LogP contribution < -0.4 is 5.32 Å². The molecular weight excluding hydrogens is 340 g/mol. The van der Waals surface area contributed by atoms with Crippen molar-refractivity contribution in [1.82, 2.24) is 5.32 Å². The van der Waals surface area contributed by atoms with Gasteiger partial charge in [-0.05, 0) is 36.1 Å². The van der Waals surface area contributed by atoms with Crippen molar-refractivity contribution in [3.05, 3.63) is 71.3 Å². The molecule has 0 saturated carbocycles. The molecule has 0 aliphatic carbocycles. The van der Waals surface area contributed by atoms with Crippen LogP contribution in [0.15, 0.2) is 54.6 Å². The zero-order valence-electron chi connectivity index (χ0n) is 16.3. The molecule has 1 unspecified atom stereocenters. The predicted molar refractivity (Wildman–Crippen MR) is 107 cm³/mol. The van der Waals surface area contributed by atoms with E-state index in [1.165, 1.54) is 11.1 Å². The smallest absolute Gasteiger partial charge is 0.305 e. The number of aryl methyl sites for hydroxylation is 2. The van der Waals surface area contributed by atoms with E-state index < -0.39 is 12.0 Å². The molecular formula is C22H29N2O3+. The number of nitrogens with zero attached hydrogens (tertiary/aromatic N) is 1. The summed E-state index contributed by atoms with van der Waals surface area (Å²) >= 11 is 0. The number of amides is 1. The Labute approximate surface area is 161 Å². The van der Waals surface area contributed by atoms with E-state index in [2.05, 4.69) is 17.4 Å². The van der Waals surface area contributed by atoms with Gasteiger partial charge in [0.25, 0.3) is 5.91 Å². The van der Waals surface area contributed by atoms with Crippen LogP contribution in [0.1, 0.15) is 27.9 Å². The molecule has 0 radical (unpaired) electrons. The molecule has 0 aliphatic rings. The van der Waals surface area contributed by atoms with Gasteiger partial charge >= 0.3 is 5.97 Å². The molecule has 0 spiro atoms. The fraction of sp³-hybridized carbons (Fsp3) is 0.364. The Bertz CT molecular complexity index is 749. The molecule has 0 fully saturated rings. The van der Waals surface area contributed by atoms with Crippen molar-refractivity contribution in [2.24, 2.45) is 0 Å². The first-order chi connectivity index (χ1) is 12.7. The third-order valence-electron chi connectivity index (χ3n) is 4.29. The Balaban J connectivity index is 1.95. The topological polar surface area (TPSA) is 66.4 Å². The number of carboxylic acid groups (broad SMARTS) is 1. The number of rotatable bonds is 9.